The van der Waals surface area contributed by atoms with Gasteiger partial charge in [0.05, 0.1) is 34.4 Å². The number of imidazole rings is 1. The van der Waals surface area contributed by atoms with E-state index in [-0.39, 0.29) is 34.1 Å². The van der Waals surface area contributed by atoms with Crippen molar-refractivity contribution >= 4 is 188 Å². The molecule has 0 amide bonds. The van der Waals surface area contributed by atoms with E-state index in [1.165, 1.54) is 58.3 Å². The summed E-state index contributed by atoms with van der Waals surface area (Å²) in [6.45, 7) is 0. The molecule has 16 heteroatoms. The summed E-state index contributed by atoms with van der Waals surface area (Å²) in [4.78, 5) is 9.17. The third-order valence-corrected chi connectivity index (χ3v) is 27.2. The van der Waals surface area contributed by atoms with Crippen LogP contribution < -0.4 is 50.2 Å². The number of para-hydroxylation sites is 6. The number of fused-ring (bicyclic) bond motifs is 16. The minimum Gasteiger partial charge on any atom is -0.535 e. The Morgan fingerprint density at radius 3 is 1.90 bits per heavy atom. The zero-order valence-corrected chi connectivity index (χ0v) is 63.0. The molecule has 9 heterocycles. The van der Waals surface area contributed by atoms with Crippen molar-refractivity contribution in [1.29, 1.82) is 0 Å². The van der Waals surface area contributed by atoms with Gasteiger partial charge in [0.25, 0.3) is 0 Å². The van der Waals surface area contributed by atoms with E-state index in [1.54, 1.807) is 17.6 Å². The van der Waals surface area contributed by atoms with Gasteiger partial charge in [-0.3, -0.25) is 4.34 Å². The third kappa shape index (κ3) is 10.6. The first kappa shape index (κ1) is 66.8. The summed E-state index contributed by atoms with van der Waals surface area (Å²) in [5, 5.41) is 18.0. The Kier molecular flexibility index (Phi) is 16.6. The Labute approximate surface area is 650 Å². The molecule has 1 N–H and O–H groups in total. The van der Waals surface area contributed by atoms with Gasteiger partial charge in [-0.1, -0.05) is 210 Å². The van der Waals surface area contributed by atoms with Crippen LogP contribution in [0.25, 0.3) is 114 Å². The number of furan rings is 2. The first-order valence-electron chi connectivity index (χ1n) is 35.3. The predicted molar refractivity (Wildman–Crippen MR) is 440 cm³/mol. The fraction of sp³-hybridized carbons (Fsp3) is 0.0326. The molecule has 13 aromatic carbocycles. The van der Waals surface area contributed by atoms with E-state index in [0.29, 0.717) is 5.88 Å². The van der Waals surface area contributed by atoms with Crippen LogP contribution in [0.2, 0.25) is 0 Å². The van der Waals surface area contributed by atoms with Gasteiger partial charge in [-0.25, -0.2) is 16.3 Å². The van der Waals surface area contributed by atoms with Crippen LogP contribution in [-0.2, 0) is 48.2 Å². The average Bonchev–Trinajstić information content (AvgIpc) is 1.52. The van der Waals surface area contributed by atoms with E-state index >= 15 is 0 Å². The van der Waals surface area contributed by atoms with E-state index in [0.717, 1.165) is 122 Å². The Morgan fingerprint density at radius 2 is 1.15 bits per heavy atom. The molecular formula is C92H61Cu2N9O2PSSi-4. The second-order valence-corrected chi connectivity index (χ2v) is 32.6. The van der Waals surface area contributed by atoms with E-state index in [1.807, 2.05) is 25.5 Å². The standard InChI is InChI=1S/C46H34N7OSi.C46H26N2OPS.2Cu/c1-49-28-34(44-46(49)50(2)29-47-44)30-22-24-39-41(26-30)52(40-21-13-12-20-38(40)51(39)3)43-27-33-42(54-43)25-23-36-45(33)53(37-19-11-10-18-35(37)48-36)55(31-14-6-4-7-15-31)32-16-8-5-9-17-32;1-3-12-31(13-4-1)50(32-14-5-2-6-15-32)48-41-20-10-8-17-35(41)38-24-25-44-39(46(38)48)29-45(51-44)47-40-19-9-7-16-34(40)36-23-22-30(28-42(36)47)33-18-11-21-43-37(33)26-27-49-43;;/h4-25,28-29,48H,1-3H3;1-25,27H;;/q-2;-3;;/p+1. The van der Waals surface area contributed by atoms with Crippen LogP contribution in [0.5, 0.6) is 0 Å². The van der Waals surface area contributed by atoms with Gasteiger partial charge in [0, 0.05) is 94.6 Å². The second kappa shape index (κ2) is 26.9. The number of anilines is 9. The van der Waals surface area contributed by atoms with Crippen molar-refractivity contribution < 1.29 is 47.5 Å². The van der Waals surface area contributed by atoms with Crippen molar-refractivity contribution in [3.8, 4) is 27.3 Å². The van der Waals surface area contributed by atoms with Gasteiger partial charge < -0.3 is 42.2 Å². The number of benzene rings is 13. The molecule has 0 bridgehead atoms. The fourth-order valence-corrected chi connectivity index (χ4v) is 22.7. The van der Waals surface area contributed by atoms with Crippen LogP contribution in [0.15, 0.2) is 313 Å². The zero-order chi connectivity index (χ0) is 70.3. The van der Waals surface area contributed by atoms with Crippen molar-refractivity contribution in [2.24, 2.45) is 14.1 Å². The van der Waals surface area contributed by atoms with Crippen molar-refractivity contribution in [3.05, 3.63) is 334 Å². The first-order valence-corrected chi connectivity index (χ1v) is 39.1. The number of hydrogen-bond donors (Lipinski definition) is 1. The van der Waals surface area contributed by atoms with Crippen molar-refractivity contribution in [2.75, 3.05) is 26.7 Å². The molecule has 0 atom stereocenters. The fourth-order valence-electron chi connectivity index (χ4n) is 16.2. The molecule has 7 aromatic heterocycles. The van der Waals surface area contributed by atoms with Crippen LogP contribution in [0.4, 0.5) is 51.4 Å². The van der Waals surface area contributed by atoms with E-state index < -0.39 is 17.0 Å². The molecule has 0 fully saturated rings. The largest absolute Gasteiger partial charge is 0.535 e. The second-order valence-electron chi connectivity index (χ2n) is 26.9. The van der Waals surface area contributed by atoms with Crippen LogP contribution in [0, 0.1) is 30.3 Å². The van der Waals surface area contributed by atoms with Crippen molar-refractivity contribution in [3.63, 3.8) is 0 Å². The van der Waals surface area contributed by atoms with Crippen molar-refractivity contribution in [1.82, 2.24) is 18.5 Å². The van der Waals surface area contributed by atoms with E-state index in [2.05, 4.69) is 361 Å². The van der Waals surface area contributed by atoms with Crippen LogP contribution in [0.1, 0.15) is 0 Å². The summed E-state index contributed by atoms with van der Waals surface area (Å²) in [6.07, 6.45) is 5.64. The minimum atomic E-state index is -1.59. The number of aromatic nitrogens is 5. The van der Waals surface area contributed by atoms with E-state index in [4.69, 9.17) is 13.8 Å². The normalized spacial score (nSPS) is 12.4. The Hall–Kier alpha value is -11.9. The molecule has 527 valence electrons. The minimum absolute atomic E-state index is 0. The number of rotatable bonds is 10. The number of nitrogens with one attached hydrogen (secondary N) is 1. The quantitative estimate of drug-likeness (QED) is 0.0632. The molecule has 2 aliphatic heterocycles. The molecule has 2 aliphatic rings. The number of hydrogen-bond acceptors (Lipinski definition) is 7. The SMILES string of the molecule is CN1c2ccc(-c3cn(C)c4c3[n-]c[n+]4C)[c-]c2N(c2[c-]c3c4c(ccc3o2)Nc2ccccc2N4[Si](c2ccccc2)c2ccccc2)c2ccccc21.[Cu].[Cu].[c-]1coc2cccc(-c3[c-]c4c(cc3)c3ccccc3n4-c3[c-]c4c(ccc5c6ccccc6n([PH+](c6ccccc6)c6ccccc6)c45)s3)c12. The molecule has 0 saturated carbocycles. The Balaban J connectivity index is 0.000000145. The van der Waals surface area contributed by atoms with Crippen LogP contribution in [0.3, 0.4) is 0 Å². The number of nitrogens with zero attached hydrogens (tertiary/aromatic N) is 8. The number of thiophene rings is 1. The summed E-state index contributed by atoms with van der Waals surface area (Å²) in [5.41, 5.74) is 20.5. The van der Waals surface area contributed by atoms with Gasteiger partial charge in [-0.2, -0.15) is 0 Å². The third-order valence-electron chi connectivity index (χ3n) is 20.9. The molecular weight excluding hydrogens is 1480 g/mol. The van der Waals surface area contributed by atoms with Gasteiger partial charge in [0.15, 0.2) is 0 Å². The average molecular weight is 1540 g/mol. The topological polar surface area (TPSA) is 80.8 Å². The molecule has 0 unspecified atom stereocenters. The molecule has 0 aliphatic carbocycles. The predicted octanol–water partition coefficient (Wildman–Crippen LogP) is 20.1. The molecule has 108 heavy (non-hydrogen) atoms. The van der Waals surface area contributed by atoms with E-state index in [9.17, 15) is 0 Å². The van der Waals surface area contributed by atoms with Gasteiger partial charge in [0.2, 0.25) is 8.96 Å². The maximum absolute atomic E-state index is 6.94. The summed E-state index contributed by atoms with van der Waals surface area (Å²) >= 11 is 1.79. The summed E-state index contributed by atoms with van der Waals surface area (Å²) in [6, 6.07) is 121. The van der Waals surface area contributed by atoms with Crippen LogP contribution in [-0.4, -0.2) is 29.5 Å². The Bertz CT molecular complexity index is 6790. The monoisotopic (exact) mass is 1540 g/mol. The Morgan fingerprint density at radius 1 is 0.509 bits per heavy atom. The molecule has 0 spiro atoms. The van der Waals surface area contributed by atoms with Gasteiger partial charge in [0.1, 0.15) is 30.2 Å². The summed E-state index contributed by atoms with van der Waals surface area (Å²) in [5.74, 6) is 0.599. The molecule has 22 rings (SSSR count). The molecule has 11 nitrogen and oxygen atoms in total. The number of aryl methyl sites for hydroxylation is 2. The zero-order valence-electron chi connectivity index (χ0n) is 58.3. The van der Waals surface area contributed by atoms with Gasteiger partial charge in [-0.05, 0) is 121 Å². The molecule has 3 radical (unpaired) electrons. The van der Waals surface area contributed by atoms with Gasteiger partial charge in [-0.15, -0.1) is 93.5 Å². The summed E-state index contributed by atoms with van der Waals surface area (Å²) in [7, 11) is 3.15. The maximum atomic E-state index is 6.94. The van der Waals surface area contributed by atoms with Gasteiger partial charge >= 0.3 is 0 Å². The maximum Gasteiger partial charge on any atom is 0.235 e. The van der Waals surface area contributed by atoms with Crippen LogP contribution >= 0.6 is 19.4 Å². The summed E-state index contributed by atoms with van der Waals surface area (Å²) < 4.78 is 25.6. The molecule has 20 aromatic rings. The molecule has 0 saturated heterocycles. The first-order chi connectivity index (χ1) is 52.3. The van der Waals surface area contributed by atoms with Crippen molar-refractivity contribution in [2.45, 2.75) is 0 Å². The smallest absolute Gasteiger partial charge is 0.235 e.